The number of carbonyl (C=O) groups is 2. The van der Waals surface area contributed by atoms with E-state index in [0.717, 1.165) is 16.5 Å². The van der Waals surface area contributed by atoms with Crippen molar-refractivity contribution >= 4 is 40.0 Å². The first-order valence-electron chi connectivity index (χ1n) is 8.10. The van der Waals surface area contributed by atoms with Gasteiger partial charge < -0.3 is 10.6 Å². The van der Waals surface area contributed by atoms with Gasteiger partial charge in [0.15, 0.2) is 0 Å². The van der Waals surface area contributed by atoms with Crippen molar-refractivity contribution in [1.82, 2.24) is 10.3 Å². The van der Waals surface area contributed by atoms with Crippen molar-refractivity contribution in [3.8, 4) is 0 Å². The van der Waals surface area contributed by atoms with Crippen LogP contribution in [-0.2, 0) is 0 Å². The van der Waals surface area contributed by atoms with E-state index in [0.29, 0.717) is 27.5 Å². The lowest BCUT2D eigenvalue weighted by Crippen LogP contribution is -2.19. The maximum Gasteiger partial charge on any atom is 0.257 e. The van der Waals surface area contributed by atoms with E-state index in [-0.39, 0.29) is 11.8 Å². The number of anilines is 1. The van der Waals surface area contributed by atoms with E-state index < -0.39 is 0 Å². The molecule has 0 fully saturated rings. The van der Waals surface area contributed by atoms with Crippen LogP contribution in [0, 0.1) is 13.8 Å². The van der Waals surface area contributed by atoms with E-state index in [1.54, 1.807) is 32.2 Å². The van der Waals surface area contributed by atoms with E-state index in [9.17, 15) is 9.59 Å². The van der Waals surface area contributed by atoms with E-state index in [1.165, 1.54) is 0 Å². The zero-order valence-electron chi connectivity index (χ0n) is 14.7. The summed E-state index contributed by atoms with van der Waals surface area (Å²) in [4.78, 5) is 29.0. The summed E-state index contributed by atoms with van der Waals surface area (Å²) in [5.41, 5.74) is 3.81. The molecule has 2 amide bonds. The second kappa shape index (κ2) is 7.14. The fourth-order valence-electron chi connectivity index (χ4n) is 2.72. The fraction of sp³-hybridized carbons (Fsp3) is 0.150. The molecular weight excluding hydrogens is 350 g/mol. The van der Waals surface area contributed by atoms with Crippen LogP contribution in [0.2, 0.25) is 5.02 Å². The number of rotatable bonds is 3. The van der Waals surface area contributed by atoms with Gasteiger partial charge in [0.2, 0.25) is 0 Å². The van der Waals surface area contributed by atoms with Crippen LogP contribution in [0.25, 0.3) is 10.9 Å². The van der Waals surface area contributed by atoms with E-state index in [4.69, 9.17) is 11.6 Å². The molecule has 0 aliphatic carbocycles. The highest BCUT2D eigenvalue weighted by molar-refractivity contribution is 6.34. The predicted octanol–water partition coefficient (Wildman–Crippen LogP) is 4.12. The average Bonchev–Trinajstić information content (AvgIpc) is 2.62. The first kappa shape index (κ1) is 17.9. The molecule has 0 spiro atoms. The van der Waals surface area contributed by atoms with Crippen LogP contribution < -0.4 is 10.6 Å². The SMILES string of the molecule is CNC(=O)c1ccc(Cl)c(NC(=O)c2cc3cc(C)ccc3nc2C)c1. The van der Waals surface area contributed by atoms with Crippen LogP contribution in [-0.4, -0.2) is 23.8 Å². The summed E-state index contributed by atoms with van der Waals surface area (Å²) in [6.07, 6.45) is 0. The van der Waals surface area contributed by atoms with E-state index in [1.807, 2.05) is 31.2 Å². The number of halogens is 1. The molecule has 3 rings (SSSR count). The molecule has 0 unspecified atom stereocenters. The highest BCUT2D eigenvalue weighted by Crippen LogP contribution is 2.25. The van der Waals surface area contributed by atoms with Crippen LogP contribution in [0.4, 0.5) is 5.69 Å². The van der Waals surface area contributed by atoms with Gasteiger partial charge in [0.25, 0.3) is 11.8 Å². The lowest BCUT2D eigenvalue weighted by Gasteiger charge is -2.11. The summed E-state index contributed by atoms with van der Waals surface area (Å²) in [6.45, 7) is 3.78. The molecule has 1 aromatic heterocycles. The van der Waals surface area contributed by atoms with Crippen LogP contribution in [0.3, 0.4) is 0 Å². The van der Waals surface area contributed by atoms with Gasteiger partial charge >= 0.3 is 0 Å². The molecule has 6 heteroatoms. The molecule has 3 aromatic rings. The van der Waals surface area contributed by atoms with E-state index >= 15 is 0 Å². The van der Waals surface area contributed by atoms with Crippen LogP contribution >= 0.6 is 11.6 Å². The number of hydrogen-bond acceptors (Lipinski definition) is 3. The molecule has 0 saturated heterocycles. The molecule has 1 heterocycles. The molecule has 0 saturated carbocycles. The van der Waals surface area contributed by atoms with Crippen LogP contribution in [0.15, 0.2) is 42.5 Å². The Morgan fingerprint density at radius 1 is 1.00 bits per heavy atom. The third-order valence-electron chi connectivity index (χ3n) is 4.11. The number of nitrogens with one attached hydrogen (secondary N) is 2. The quantitative estimate of drug-likeness (QED) is 0.731. The fourth-order valence-corrected chi connectivity index (χ4v) is 2.88. The van der Waals surface area contributed by atoms with Crippen molar-refractivity contribution in [2.75, 3.05) is 12.4 Å². The smallest absolute Gasteiger partial charge is 0.257 e. The summed E-state index contributed by atoms with van der Waals surface area (Å²) in [5.74, 6) is -0.578. The van der Waals surface area contributed by atoms with Gasteiger partial charge in [-0.15, -0.1) is 0 Å². The number of aromatic nitrogens is 1. The Hall–Kier alpha value is -2.92. The van der Waals surface area contributed by atoms with Gasteiger partial charge in [0.05, 0.1) is 27.5 Å². The lowest BCUT2D eigenvalue weighted by atomic mass is 10.1. The Bertz CT molecular complexity index is 1030. The van der Waals surface area contributed by atoms with Gasteiger partial charge in [-0.2, -0.15) is 0 Å². The minimum Gasteiger partial charge on any atom is -0.355 e. The summed E-state index contributed by atoms with van der Waals surface area (Å²) in [7, 11) is 1.54. The standard InChI is InChI=1S/C20H18ClN3O2/c1-11-4-7-17-14(8-11)9-15(12(2)23-17)20(26)24-18-10-13(19(25)22-3)5-6-16(18)21/h4-10H,1-3H3,(H,22,25)(H,24,26). The van der Waals surface area contributed by atoms with Crippen molar-refractivity contribution in [3.63, 3.8) is 0 Å². The Kier molecular flexibility index (Phi) is 4.91. The number of carbonyl (C=O) groups excluding carboxylic acids is 2. The van der Waals surface area contributed by atoms with Gasteiger partial charge in [0, 0.05) is 18.0 Å². The molecule has 0 atom stereocenters. The molecule has 0 aliphatic rings. The van der Waals surface area contributed by atoms with Crippen molar-refractivity contribution in [2.45, 2.75) is 13.8 Å². The number of benzene rings is 2. The average molecular weight is 368 g/mol. The molecule has 26 heavy (non-hydrogen) atoms. The number of hydrogen-bond donors (Lipinski definition) is 2. The minimum absolute atomic E-state index is 0.254. The Morgan fingerprint density at radius 3 is 2.50 bits per heavy atom. The Balaban J connectivity index is 1.96. The molecule has 5 nitrogen and oxygen atoms in total. The summed E-state index contributed by atoms with van der Waals surface area (Å²) >= 11 is 6.17. The number of nitrogens with zero attached hydrogens (tertiary/aromatic N) is 1. The number of fused-ring (bicyclic) bond motifs is 1. The van der Waals surface area contributed by atoms with Crippen LogP contribution in [0.5, 0.6) is 0 Å². The molecule has 0 aliphatic heterocycles. The summed E-state index contributed by atoms with van der Waals surface area (Å²) in [5, 5.41) is 6.57. The normalized spacial score (nSPS) is 10.6. The van der Waals surface area contributed by atoms with Gasteiger partial charge in [-0.3, -0.25) is 14.6 Å². The maximum absolute atomic E-state index is 12.8. The van der Waals surface area contributed by atoms with E-state index in [2.05, 4.69) is 15.6 Å². The summed E-state index contributed by atoms with van der Waals surface area (Å²) in [6, 6.07) is 12.4. The Labute approximate surface area is 156 Å². The zero-order valence-corrected chi connectivity index (χ0v) is 15.4. The van der Waals surface area contributed by atoms with Crippen molar-refractivity contribution in [2.24, 2.45) is 0 Å². The monoisotopic (exact) mass is 367 g/mol. The second-order valence-corrected chi connectivity index (χ2v) is 6.45. The predicted molar refractivity (Wildman–Crippen MR) is 104 cm³/mol. The van der Waals surface area contributed by atoms with Gasteiger partial charge in [-0.25, -0.2) is 0 Å². The highest BCUT2D eigenvalue weighted by Gasteiger charge is 2.15. The van der Waals surface area contributed by atoms with Crippen LogP contribution in [0.1, 0.15) is 32.0 Å². The maximum atomic E-state index is 12.8. The first-order valence-corrected chi connectivity index (χ1v) is 8.48. The minimum atomic E-state index is -0.325. The highest BCUT2D eigenvalue weighted by atomic mass is 35.5. The van der Waals surface area contributed by atoms with Gasteiger partial charge in [0.1, 0.15) is 0 Å². The third kappa shape index (κ3) is 3.53. The largest absolute Gasteiger partial charge is 0.355 e. The summed E-state index contributed by atoms with van der Waals surface area (Å²) < 4.78 is 0. The Morgan fingerprint density at radius 2 is 1.77 bits per heavy atom. The molecular formula is C20H18ClN3O2. The first-order chi connectivity index (χ1) is 12.4. The lowest BCUT2D eigenvalue weighted by molar-refractivity contribution is 0.0961. The van der Waals surface area contributed by atoms with Crippen molar-refractivity contribution < 1.29 is 9.59 Å². The number of aryl methyl sites for hydroxylation is 2. The van der Waals surface area contributed by atoms with Gasteiger partial charge in [-0.05, 0) is 50.2 Å². The van der Waals surface area contributed by atoms with Gasteiger partial charge in [-0.1, -0.05) is 23.2 Å². The van der Waals surface area contributed by atoms with Crippen molar-refractivity contribution in [1.29, 1.82) is 0 Å². The number of pyridine rings is 1. The molecule has 2 N–H and O–H groups in total. The van der Waals surface area contributed by atoms with Crippen molar-refractivity contribution in [3.05, 3.63) is 69.9 Å². The molecule has 0 bridgehead atoms. The number of amides is 2. The topological polar surface area (TPSA) is 71.1 Å². The third-order valence-corrected chi connectivity index (χ3v) is 4.44. The second-order valence-electron chi connectivity index (χ2n) is 6.05. The molecule has 0 radical (unpaired) electrons. The zero-order chi connectivity index (χ0) is 18.8. The molecule has 132 valence electrons. The molecule has 2 aromatic carbocycles.